The van der Waals surface area contributed by atoms with Crippen molar-refractivity contribution in [1.82, 2.24) is 14.6 Å². The second-order valence-corrected chi connectivity index (χ2v) is 9.86. The quantitative estimate of drug-likeness (QED) is 0.239. The van der Waals surface area contributed by atoms with Gasteiger partial charge in [0.2, 0.25) is 6.41 Å². The van der Waals surface area contributed by atoms with Crippen molar-refractivity contribution in [1.29, 1.82) is 0 Å². The standard InChI is InChI=1S/C28H25Cl2F3N4O/c1-18-34-26(21-9-14-24(30)15-10-21)25(20-7-12-23(29)13-8-20)27(37(18)17-38)35-36(2)16-19-4-3-5-22(11-6-19)28(31,32)33/h5-15,17,19H,3-4,16H2,1-2H3/b35-27-. The number of carbonyl (C=O) groups is 1. The van der Waals surface area contributed by atoms with Gasteiger partial charge in [-0.15, -0.1) is 0 Å². The van der Waals surface area contributed by atoms with E-state index < -0.39 is 11.7 Å². The average Bonchev–Trinajstić information content (AvgIpc) is 3.11. The molecule has 4 rings (SSSR count). The predicted octanol–water partition coefficient (Wildman–Crippen LogP) is 7.07. The zero-order valence-electron chi connectivity index (χ0n) is 20.7. The van der Waals surface area contributed by atoms with Crippen LogP contribution in [-0.4, -0.2) is 40.7 Å². The number of allylic oxidation sites excluding steroid dienone is 3. The van der Waals surface area contributed by atoms with Gasteiger partial charge in [-0.25, -0.2) is 4.98 Å². The highest BCUT2D eigenvalue weighted by atomic mass is 35.5. The van der Waals surface area contributed by atoms with E-state index in [1.54, 1.807) is 49.3 Å². The summed E-state index contributed by atoms with van der Waals surface area (Å²) in [6.07, 6.45) is 1.03. The first kappa shape index (κ1) is 27.7. The first-order valence-corrected chi connectivity index (χ1v) is 12.6. The fourth-order valence-corrected chi connectivity index (χ4v) is 4.59. The van der Waals surface area contributed by atoms with E-state index in [0.717, 1.165) is 17.2 Å². The van der Waals surface area contributed by atoms with Gasteiger partial charge < -0.3 is 0 Å². The third kappa shape index (κ3) is 6.37. The maximum absolute atomic E-state index is 13.1. The Morgan fingerprint density at radius 1 is 1.08 bits per heavy atom. The molecular weight excluding hydrogens is 536 g/mol. The predicted molar refractivity (Wildman–Crippen MR) is 144 cm³/mol. The van der Waals surface area contributed by atoms with Crippen molar-refractivity contribution in [2.24, 2.45) is 11.0 Å². The van der Waals surface area contributed by atoms with Crippen LogP contribution in [-0.2, 0) is 4.79 Å². The van der Waals surface area contributed by atoms with E-state index in [2.05, 4.69) is 0 Å². The Kier molecular flexibility index (Phi) is 8.43. The van der Waals surface area contributed by atoms with E-state index in [1.165, 1.54) is 10.6 Å². The lowest BCUT2D eigenvalue weighted by molar-refractivity contribution is -0.0883. The number of halogens is 5. The number of aryl methyl sites for hydroxylation is 1. The summed E-state index contributed by atoms with van der Waals surface area (Å²) in [5.74, 6) is 0.255. The molecule has 10 heteroatoms. The van der Waals surface area contributed by atoms with Crippen LogP contribution in [0.25, 0.3) is 22.4 Å². The highest BCUT2D eigenvalue weighted by molar-refractivity contribution is 6.31. The van der Waals surface area contributed by atoms with E-state index in [-0.39, 0.29) is 5.92 Å². The van der Waals surface area contributed by atoms with Gasteiger partial charge >= 0.3 is 6.18 Å². The summed E-state index contributed by atoms with van der Waals surface area (Å²) in [4.78, 5) is 16.9. The lowest BCUT2D eigenvalue weighted by Gasteiger charge is -2.21. The van der Waals surface area contributed by atoms with Gasteiger partial charge in [-0.2, -0.15) is 18.3 Å². The Hall–Kier alpha value is -3.36. The van der Waals surface area contributed by atoms with Crippen LogP contribution in [0, 0.1) is 12.8 Å². The Morgan fingerprint density at radius 2 is 1.68 bits per heavy atom. The number of rotatable bonds is 6. The van der Waals surface area contributed by atoms with Gasteiger partial charge in [0.25, 0.3) is 0 Å². The molecule has 38 heavy (non-hydrogen) atoms. The van der Waals surface area contributed by atoms with Crippen molar-refractivity contribution in [3.05, 3.63) is 93.7 Å². The average molecular weight is 561 g/mol. The monoisotopic (exact) mass is 560 g/mol. The third-order valence-corrected chi connectivity index (χ3v) is 6.71. The Morgan fingerprint density at radius 3 is 2.26 bits per heavy atom. The molecule has 0 N–H and O–H groups in total. The number of hydrogen-bond donors (Lipinski definition) is 0. The molecule has 0 spiro atoms. The molecule has 1 aliphatic carbocycles. The summed E-state index contributed by atoms with van der Waals surface area (Å²) in [6.45, 7) is 2.06. The van der Waals surface area contributed by atoms with Crippen LogP contribution < -0.4 is 5.49 Å². The van der Waals surface area contributed by atoms with Gasteiger partial charge in [0.05, 0.1) is 16.8 Å². The topological polar surface area (TPSA) is 50.5 Å². The van der Waals surface area contributed by atoms with E-state index in [1.807, 2.05) is 24.3 Å². The van der Waals surface area contributed by atoms with Crippen LogP contribution in [0.3, 0.4) is 0 Å². The minimum Gasteiger partial charge on any atom is -0.297 e. The maximum Gasteiger partial charge on any atom is 0.416 e. The van der Waals surface area contributed by atoms with Crippen LogP contribution >= 0.6 is 23.2 Å². The van der Waals surface area contributed by atoms with E-state index >= 15 is 0 Å². The van der Waals surface area contributed by atoms with Gasteiger partial charge in [-0.1, -0.05) is 65.7 Å². The van der Waals surface area contributed by atoms with Crippen LogP contribution in [0.15, 0.2) is 77.4 Å². The highest BCUT2D eigenvalue weighted by Crippen LogP contribution is 2.31. The number of carbonyl (C=O) groups excluding carboxylic acids is 1. The molecule has 0 amide bonds. The Balaban J connectivity index is 1.83. The van der Waals surface area contributed by atoms with Gasteiger partial charge in [-0.3, -0.25) is 14.4 Å². The zero-order chi connectivity index (χ0) is 27.4. The first-order valence-electron chi connectivity index (χ1n) is 11.9. The zero-order valence-corrected chi connectivity index (χ0v) is 22.2. The van der Waals surface area contributed by atoms with Crippen LogP contribution in [0.2, 0.25) is 10.0 Å². The molecule has 0 bridgehead atoms. The second kappa shape index (κ2) is 11.6. The van der Waals surface area contributed by atoms with Crippen LogP contribution in [0.1, 0.15) is 18.7 Å². The number of aromatic nitrogens is 2. The van der Waals surface area contributed by atoms with Crippen molar-refractivity contribution >= 4 is 29.6 Å². The highest BCUT2D eigenvalue weighted by Gasteiger charge is 2.32. The van der Waals surface area contributed by atoms with Gasteiger partial charge in [0.1, 0.15) is 5.82 Å². The lowest BCUT2D eigenvalue weighted by atomic mass is 10.00. The van der Waals surface area contributed by atoms with Gasteiger partial charge in [0.15, 0.2) is 5.49 Å². The largest absolute Gasteiger partial charge is 0.416 e. The summed E-state index contributed by atoms with van der Waals surface area (Å²) in [5, 5.41) is 7.54. The molecule has 0 fully saturated rings. The normalized spacial score (nSPS) is 16.2. The Labute approximate surface area is 228 Å². The second-order valence-electron chi connectivity index (χ2n) is 8.99. The molecule has 1 atom stereocenters. The number of nitrogens with zero attached hydrogens (tertiary/aromatic N) is 4. The molecule has 0 saturated carbocycles. The molecule has 0 saturated heterocycles. The minimum absolute atomic E-state index is 0.165. The van der Waals surface area contributed by atoms with Crippen molar-refractivity contribution in [2.45, 2.75) is 25.9 Å². The minimum atomic E-state index is -4.38. The summed E-state index contributed by atoms with van der Waals surface area (Å²) in [6, 6.07) is 14.3. The van der Waals surface area contributed by atoms with Gasteiger partial charge in [0, 0.05) is 29.2 Å². The smallest absolute Gasteiger partial charge is 0.297 e. The number of hydrogen-bond acceptors (Lipinski definition) is 4. The molecule has 0 radical (unpaired) electrons. The van der Waals surface area contributed by atoms with Crippen LogP contribution in [0.5, 0.6) is 0 Å². The SMILES string of the molecule is Cc1nc(-c2ccc(Cl)cc2)c(-c2ccc(Cl)cc2)/c(=N/N(C)CC2C=CC(C(F)(F)F)=CCC2)n1C=O. The van der Waals surface area contributed by atoms with Crippen molar-refractivity contribution in [3.8, 4) is 22.4 Å². The van der Waals surface area contributed by atoms with Crippen molar-refractivity contribution < 1.29 is 18.0 Å². The Bertz CT molecular complexity index is 1440. The van der Waals surface area contributed by atoms with Gasteiger partial charge in [-0.05, 0) is 55.5 Å². The summed E-state index contributed by atoms with van der Waals surface area (Å²) < 4.78 is 40.8. The first-order chi connectivity index (χ1) is 18.1. The van der Waals surface area contributed by atoms with E-state index in [0.29, 0.717) is 58.4 Å². The molecule has 1 aliphatic rings. The third-order valence-electron chi connectivity index (χ3n) is 6.21. The fraction of sp³-hybridized carbons (Fsp3) is 0.250. The molecule has 2 aromatic carbocycles. The molecule has 1 aromatic heterocycles. The van der Waals surface area contributed by atoms with Crippen LogP contribution in [0.4, 0.5) is 13.2 Å². The number of alkyl halides is 3. The molecule has 0 aliphatic heterocycles. The molecule has 1 heterocycles. The maximum atomic E-state index is 13.1. The fourth-order valence-electron chi connectivity index (χ4n) is 4.34. The number of benzene rings is 2. The lowest BCUT2D eigenvalue weighted by Crippen LogP contribution is -2.32. The molecular formula is C28H25Cl2F3N4O. The summed E-state index contributed by atoms with van der Waals surface area (Å²) in [5.41, 5.74) is 2.42. The molecule has 198 valence electrons. The van der Waals surface area contributed by atoms with Crippen molar-refractivity contribution in [3.63, 3.8) is 0 Å². The summed E-state index contributed by atoms with van der Waals surface area (Å²) in [7, 11) is 1.73. The molecule has 5 nitrogen and oxygen atoms in total. The summed E-state index contributed by atoms with van der Waals surface area (Å²) >= 11 is 12.2. The van der Waals surface area contributed by atoms with E-state index in [4.69, 9.17) is 33.3 Å². The molecule has 3 aromatic rings. The van der Waals surface area contributed by atoms with Crippen molar-refractivity contribution in [2.75, 3.05) is 13.6 Å². The van der Waals surface area contributed by atoms with E-state index in [9.17, 15) is 18.0 Å². The molecule has 1 unspecified atom stereocenters.